The van der Waals surface area contributed by atoms with E-state index < -0.39 is 24.3 Å². The molecular weight excluding hydrogens is 765 g/mol. The molecule has 15 nitrogen and oxygen atoms in total. The van der Waals surface area contributed by atoms with Crippen molar-refractivity contribution in [3.8, 4) is 33.6 Å². The molecule has 2 aromatic heterocycles. The number of methoxy groups -OCH3 is 1. The summed E-state index contributed by atoms with van der Waals surface area (Å²) in [4.78, 5) is 72.4. The summed E-state index contributed by atoms with van der Waals surface area (Å²) in [6.45, 7) is 4.29. The zero-order valence-corrected chi connectivity index (χ0v) is 34.1. The zero-order chi connectivity index (χ0) is 41.4. The lowest BCUT2D eigenvalue weighted by Crippen LogP contribution is -2.54. The predicted molar refractivity (Wildman–Crippen MR) is 219 cm³/mol. The van der Waals surface area contributed by atoms with Crippen molar-refractivity contribution < 1.29 is 33.8 Å². The average Bonchev–Trinajstić information content (AvgIpc) is 4.14. The Morgan fingerprint density at radius 2 is 1.30 bits per heavy atom. The second kappa shape index (κ2) is 14.8. The standard InChI is InChI=1S/C45H52N8O7/c1-23(2)37(50-43(56)57)41(54)52-33-16-29(33)18-35(52)39-46-21-31(48-39)26-8-4-24(5-9-26)25-6-10-27(11-7-25)32-22-47-40(49-32)36-19-30-17-34(30)53(36)42(55)38(51-44(58)59-3)28-12-15-60-45(20-28)13-14-45/h4-11,21-23,28-30,33-38,50H,12-20H2,1-3H3,(H,46,48)(H,47,49)(H,51,58)(H,56,57)/t28?,29-,30-,33-,34-,35+,36+,37?,38?/m1/s1. The maximum atomic E-state index is 14.4. The molecule has 314 valence electrons. The second-order valence-corrected chi connectivity index (χ2v) is 18.2. The Kier molecular flexibility index (Phi) is 9.49. The number of imidazole rings is 2. The maximum Gasteiger partial charge on any atom is 0.407 e. The van der Waals surface area contributed by atoms with E-state index in [2.05, 4.69) is 69.1 Å². The van der Waals surface area contributed by atoms with Crippen molar-refractivity contribution in [2.75, 3.05) is 13.7 Å². The fourth-order valence-electron chi connectivity index (χ4n) is 10.4. The van der Waals surface area contributed by atoms with Gasteiger partial charge in [-0.15, -0.1) is 0 Å². The fraction of sp³-hybridized carbons (Fsp3) is 0.511. The Bertz CT molecular complexity index is 2300. The van der Waals surface area contributed by atoms with Gasteiger partial charge in [0.05, 0.1) is 48.6 Å². The highest BCUT2D eigenvalue weighted by Gasteiger charge is 2.58. The van der Waals surface area contributed by atoms with E-state index in [1.54, 1.807) is 6.20 Å². The molecule has 2 aromatic carbocycles. The van der Waals surface area contributed by atoms with Crippen molar-refractivity contribution in [1.29, 1.82) is 0 Å². The summed E-state index contributed by atoms with van der Waals surface area (Å²) in [5, 5.41) is 14.7. The molecule has 0 bridgehead atoms. The normalized spacial score (nSPS) is 27.8. The van der Waals surface area contributed by atoms with E-state index in [9.17, 15) is 24.3 Å². The van der Waals surface area contributed by atoms with Crippen molar-refractivity contribution in [1.82, 2.24) is 40.4 Å². The van der Waals surface area contributed by atoms with Gasteiger partial charge in [-0.25, -0.2) is 19.6 Å². The van der Waals surface area contributed by atoms with Gasteiger partial charge in [-0.2, -0.15) is 0 Å². The first-order valence-corrected chi connectivity index (χ1v) is 21.4. The minimum atomic E-state index is -1.20. The lowest BCUT2D eigenvalue weighted by molar-refractivity contribution is -0.139. The van der Waals surface area contributed by atoms with Crippen LogP contribution >= 0.6 is 0 Å². The van der Waals surface area contributed by atoms with Crippen LogP contribution in [0.1, 0.15) is 88.9 Å². The number of hydrogen-bond donors (Lipinski definition) is 5. The Balaban J connectivity index is 0.809. The molecule has 10 rings (SSSR count). The Morgan fingerprint density at radius 3 is 1.78 bits per heavy atom. The molecule has 4 amide bonds. The van der Waals surface area contributed by atoms with Crippen molar-refractivity contribution in [2.24, 2.45) is 23.7 Å². The highest BCUT2D eigenvalue weighted by atomic mass is 16.5. The van der Waals surface area contributed by atoms with Gasteiger partial charge >= 0.3 is 12.2 Å². The fourth-order valence-corrected chi connectivity index (χ4v) is 10.4. The van der Waals surface area contributed by atoms with Crippen LogP contribution in [-0.2, 0) is 19.1 Å². The molecule has 0 radical (unpaired) electrons. The van der Waals surface area contributed by atoms with Crippen LogP contribution in [0.25, 0.3) is 33.6 Å². The van der Waals surface area contributed by atoms with Crippen LogP contribution in [-0.4, -0.2) is 102 Å². The molecule has 3 saturated heterocycles. The molecule has 6 aliphatic rings. The van der Waals surface area contributed by atoms with E-state index in [1.807, 2.05) is 29.8 Å². The molecule has 5 heterocycles. The van der Waals surface area contributed by atoms with Crippen LogP contribution in [0.5, 0.6) is 0 Å². The first-order chi connectivity index (χ1) is 29.0. The molecule has 9 atom stereocenters. The summed E-state index contributed by atoms with van der Waals surface area (Å²) >= 11 is 0. The van der Waals surface area contributed by atoms with Gasteiger partial charge in [-0.05, 0) is 97.3 Å². The number of carboxylic acid groups (broad SMARTS) is 1. The number of ether oxygens (including phenoxy) is 2. The molecule has 3 unspecified atom stereocenters. The second-order valence-electron chi connectivity index (χ2n) is 18.2. The van der Waals surface area contributed by atoms with Crippen molar-refractivity contribution in [3.63, 3.8) is 0 Å². The predicted octanol–water partition coefficient (Wildman–Crippen LogP) is 6.43. The molecule has 4 aromatic rings. The number of nitrogens with one attached hydrogen (secondary N) is 4. The molecule has 3 saturated carbocycles. The van der Waals surface area contributed by atoms with E-state index in [0.29, 0.717) is 24.9 Å². The van der Waals surface area contributed by atoms with Gasteiger partial charge in [-0.3, -0.25) is 9.59 Å². The van der Waals surface area contributed by atoms with Gasteiger partial charge in [0.2, 0.25) is 11.8 Å². The number of piperidine rings is 2. The van der Waals surface area contributed by atoms with E-state index in [-0.39, 0.29) is 53.4 Å². The van der Waals surface area contributed by atoms with Crippen molar-refractivity contribution in [3.05, 3.63) is 72.6 Å². The Labute approximate surface area is 348 Å². The van der Waals surface area contributed by atoms with E-state index >= 15 is 0 Å². The van der Waals surface area contributed by atoms with Gasteiger partial charge in [0.15, 0.2) is 0 Å². The SMILES string of the molecule is COC(=O)NC(C(=O)N1[C@@H]2C[C@@H]2C[C@H]1c1ncc(-c2ccc(-c3ccc(-c4cnc([C@@H]5C[C@H]6C[C@H]6N5C(=O)C(NC(=O)O)C(C)C)[nH]4)cc3)cc2)[nH]1)C1CCOC2(CC2)C1. The molecule has 3 aliphatic heterocycles. The summed E-state index contributed by atoms with van der Waals surface area (Å²) in [6.07, 6.45) is 8.89. The molecule has 60 heavy (non-hydrogen) atoms. The molecular formula is C45H52N8O7. The third kappa shape index (κ3) is 7.09. The van der Waals surface area contributed by atoms with Crippen molar-refractivity contribution >= 4 is 24.0 Å². The number of hydrogen-bond acceptors (Lipinski definition) is 8. The number of carbonyl (C=O) groups is 4. The first-order valence-electron chi connectivity index (χ1n) is 21.4. The number of benzene rings is 2. The number of H-pyrrole nitrogens is 2. The zero-order valence-electron chi connectivity index (χ0n) is 34.1. The van der Waals surface area contributed by atoms with Crippen LogP contribution in [0.2, 0.25) is 0 Å². The average molecular weight is 817 g/mol. The quantitative estimate of drug-likeness (QED) is 0.113. The number of amides is 4. The first kappa shape index (κ1) is 38.5. The number of nitrogens with zero attached hydrogens (tertiary/aromatic N) is 4. The van der Waals surface area contributed by atoms with Gasteiger partial charge in [-0.1, -0.05) is 62.4 Å². The van der Waals surface area contributed by atoms with Crippen LogP contribution in [0.4, 0.5) is 9.59 Å². The third-order valence-electron chi connectivity index (χ3n) is 14.0. The number of rotatable bonds is 11. The number of aromatic nitrogens is 4. The Hall–Kier alpha value is -5.70. The van der Waals surface area contributed by atoms with Gasteiger partial charge in [0, 0.05) is 18.7 Å². The van der Waals surface area contributed by atoms with E-state index in [0.717, 1.165) is 90.2 Å². The maximum absolute atomic E-state index is 14.4. The monoisotopic (exact) mass is 816 g/mol. The smallest absolute Gasteiger partial charge is 0.407 e. The van der Waals surface area contributed by atoms with Crippen LogP contribution in [0.15, 0.2) is 60.9 Å². The molecule has 6 fully saturated rings. The van der Waals surface area contributed by atoms with E-state index in [4.69, 9.17) is 19.4 Å². The van der Waals surface area contributed by atoms with Crippen molar-refractivity contribution in [2.45, 2.75) is 107 Å². The molecule has 15 heteroatoms. The van der Waals surface area contributed by atoms with Gasteiger partial charge in [0.25, 0.3) is 0 Å². The number of fused-ring (bicyclic) bond motifs is 2. The summed E-state index contributed by atoms with van der Waals surface area (Å²) in [6, 6.07) is 15.0. The molecule has 5 N–H and O–H groups in total. The number of likely N-dealkylation sites (tertiary alicyclic amines) is 2. The largest absolute Gasteiger partial charge is 0.465 e. The van der Waals surface area contributed by atoms with Gasteiger partial charge in [0.1, 0.15) is 23.7 Å². The number of alkyl carbamates (subject to hydrolysis) is 1. The number of carbonyl (C=O) groups excluding carboxylic acids is 3. The third-order valence-corrected chi connectivity index (χ3v) is 14.0. The highest BCUT2D eigenvalue weighted by Crippen LogP contribution is 2.55. The van der Waals surface area contributed by atoms with Crippen LogP contribution in [0, 0.1) is 23.7 Å². The van der Waals surface area contributed by atoms with E-state index in [1.165, 1.54) is 7.11 Å². The summed E-state index contributed by atoms with van der Waals surface area (Å²) in [7, 11) is 1.33. The lowest BCUT2D eigenvalue weighted by atomic mass is 9.86. The van der Waals surface area contributed by atoms with Crippen LogP contribution in [0.3, 0.4) is 0 Å². The minimum Gasteiger partial charge on any atom is -0.465 e. The molecule has 1 spiro atoms. The summed E-state index contributed by atoms with van der Waals surface area (Å²) < 4.78 is 11.0. The van der Waals surface area contributed by atoms with Crippen LogP contribution < -0.4 is 10.6 Å². The Morgan fingerprint density at radius 1 is 0.783 bits per heavy atom. The highest BCUT2D eigenvalue weighted by molar-refractivity contribution is 5.88. The lowest BCUT2D eigenvalue weighted by Gasteiger charge is -2.37. The summed E-state index contributed by atoms with van der Waals surface area (Å²) in [5.41, 5.74) is 5.65. The topological polar surface area (TPSA) is 195 Å². The number of aromatic amines is 2. The minimum absolute atomic E-state index is 0.0154. The van der Waals surface area contributed by atoms with Gasteiger partial charge < -0.3 is 45.0 Å². The summed E-state index contributed by atoms with van der Waals surface area (Å²) in [5.74, 6) is 1.88. The molecule has 3 aliphatic carbocycles.